The van der Waals surface area contributed by atoms with Gasteiger partial charge in [0.25, 0.3) is 0 Å². The van der Waals surface area contributed by atoms with Gasteiger partial charge in [-0.05, 0) is 44.4 Å². The van der Waals surface area contributed by atoms with Crippen LogP contribution in [-0.2, 0) is 0 Å². The van der Waals surface area contributed by atoms with E-state index in [0.29, 0.717) is 5.41 Å². The number of anilines is 2. The van der Waals surface area contributed by atoms with E-state index in [1.807, 2.05) is 6.92 Å². The zero-order valence-corrected chi connectivity index (χ0v) is 13.5. The molecule has 1 aliphatic rings. The molecule has 4 nitrogen and oxygen atoms in total. The van der Waals surface area contributed by atoms with Crippen molar-refractivity contribution in [2.45, 2.75) is 53.9 Å². The second-order valence-electron chi connectivity index (χ2n) is 6.39. The highest BCUT2D eigenvalue weighted by Crippen LogP contribution is 2.51. The van der Waals surface area contributed by atoms with Gasteiger partial charge in [-0.3, -0.25) is 0 Å². The molecule has 112 valence electrons. The van der Waals surface area contributed by atoms with E-state index in [1.165, 1.54) is 12.8 Å². The van der Waals surface area contributed by atoms with Gasteiger partial charge in [-0.15, -0.1) is 0 Å². The molecule has 0 saturated heterocycles. The number of nitrogens with one attached hydrogen (secondary N) is 2. The Kier molecular flexibility index (Phi) is 4.51. The Bertz CT molecular complexity index is 464. The fraction of sp³-hybridized carbons (Fsp3) is 0.750. The van der Waals surface area contributed by atoms with Crippen LogP contribution in [0.1, 0.15) is 51.4 Å². The lowest BCUT2D eigenvalue weighted by atomic mass is 9.92. The molecule has 0 radical (unpaired) electrons. The predicted molar refractivity (Wildman–Crippen MR) is 85.3 cm³/mol. The Morgan fingerprint density at radius 3 is 2.20 bits per heavy atom. The number of rotatable bonds is 7. The first-order valence-electron chi connectivity index (χ1n) is 7.81. The first-order chi connectivity index (χ1) is 9.48. The average Bonchev–Trinajstić information content (AvgIpc) is 3.19. The van der Waals surface area contributed by atoms with Crippen LogP contribution in [0.5, 0.6) is 0 Å². The summed E-state index contributed by atoms with van der Waals surface area (Å²) in [5, 5.41) is 6.95. The van der Waals surface area contributed by atoms with Crippen LogP contribution >= 0.6 is 0 Å². The molecule has 1 aliphatic carbocycles. The van der Waals surface area contributed by atoms with Crippen LogP contribution in [0.25, 0.3) is 0 Å². The first-order valence-corrected chi connectivity index (χ1v) is 7.81. The summed E-state index contributed by atoms with van der Waals surface area (Å²) in [5.41, 5.74) is 1.62. The number of hydrogen-bond donors (Lipinski definition) is 2. The minimum atomic E-state index is 0.488. The van der Waals surface area contributed by atoms with Crippen LogP contribution in [0.15, 0.2) is 0 Å². The van der Waals surface area contributed by atoms with Crippen molar-refractivity contribution in [2.24, 2.45) is 11.3 Å². The lowest BCUT2D eigenvalue weighted by molar-refractivity contribution is 0.379. The van der Waals surface area contributed by atoms with Crippen LogP contribution < -0.4 is 10.6 Å². The molecule has 4 heteroatoms. The monoisotopic (exact) mass is 276 g/mol. The largest absolute Gasteiger partial charge is 0.370 e. The molecule has 0 bridgehead atoms. The molecule has 1 heterocycles. The second-order valence-corrected chi connectivity index (χ2v) is 6.39. The van der Waals surface area contributed by atoms with Gasteiger partial charge in [0, 0.05) is 18.7 Å². The lowest BCUT2D eigenvalue weighted by Gasteiger charge is -2.21. The molecule has 0 aliphatic heterocycles. The maximum absolute atomic E-state index is 4.57. The molecule has 20 heavy (non-hydrogen) atoms. The predicted octanol–water partition coefficient (Wildman–Crippen LogP) is 3.76. The van der Waals surface area contributed by atoms with Crippen LogP contribution in [0.2, 0.25) is 0 Å². The summed E-state index contributed by atoms with van der Waals surface area (Å²) in [6.45, 7) is 12.8. The van der Waals surface area contributed by atoms with Gasteiger partial charge >= 0.3 is 0 Å². The molecule has 1 fully saturated rings. The second kappa shape index (κ2) is 5.98. The molecule has 1 aromatic rings. The van der Waals surface area contributed by atoms with Crippen LogP contribution in [0, 0.1) is 25.2 Å². The Labute approximate surface area is 122 Å². The van der Waals surface area contributed by atoms with E-state index in [4.69, 9.17) is 0 Å². The van der Waals surface area contributed by atoms with Gasteiger partial charge in [0.15, 0.2) is 0 Å². The normalized spacial score (nSPS) is 16.3. The van der Waals surface area contributed by atoms with E-state index in [2.05, 4.69) is 48.3 Å². The molecular formula is C16H28N4. The molecule has 0 aromatic carbocycles. The third kappa shape index (κ3) is 3.22. The van der Waals surface area contributed by atoms with Crippen molar-refractivity contribution in [3.63, 3.8) is 0 Å². The highest BCUT2D eigenvalue weighted by Gasteiger charge is 2.45. The molecule has 0 spiro atoms. The summed E-state index contributed by atoms with van der Waals surface area (Å²) in [6, 6.07) is 0. The third-order valence-electron chi connectivity index (χ3n) is 4.52. The summed E-state index contributed by atoms with van der Waals surface area (Å²) in [4.78, 5) is 9.07. The quantitative estimate of drug-likeness (QED) is 0.796. The molecule has 2 rings (SSSR count). The van der Waals surface area contributed by atoms with E-state index in [9.17, 15) is 0 Å². The van der Waals surface area contributed by atoms with Gasteiger partial charge in [-0.2, -0.15) is 0 Å². The van der Waals surface area contributed by atoms with Gasteiger partial charge < -0.3 is 10.6 Å². The van der Waals surface area contributed by atoms with Crippen molar-refractivity contribution < 1.29 is 0 Å². The minimum Gasteiger partial charge on any atom is -0.370 e. The van der Waals surface area contributed by atoms with Gasteiger partial charge in [0.05, 0.1) is 0 Å². The van der Waals surface area contributed by atoms with Crippen LogP contribution in [-0.4, -0.2) is 23.1 Å². The topological polar surface area (TPSA) is 49.8 Å². The van der Waals surface area contributed by atoms with Gasteiger partial charge in [-0.25, -0.2) is 9.97 Å². The summed E-state index contributed by atoms with van der Waals surface area (Å²) in [5.74, 6) is 3.52. The zero-order chi connectivity index (χ0) is 14.8. The Morgan fingerprint density at radius 2 is 1.70 bits per heavy atom. The average molecular weight is 276 g/mol. The van der Waals surface area contributed by atoms with Gasteiger partial charge in [0.1, 0.15) is 17.5 Å². The highest BCUT2D eigenvalue weighted by atomic mass is 15.1. The Balaban J connectivity index is 2.09. The van der Waals surface area contributed by atoms with E-state index >= 15 is 0 Å². The fourth-order valence-corrected chi connectivity index (χ4v) is 2.59. The number of nitrogens with zero attached hydrogens (tertiary/aromatic N) is 2. The zero-order valence-electron chi connectivity index (χ0n) is 13.5. The smallest absolute Gasteiger partial charge is 0.134 e. The van der Waals surface area contributed by atoms with Crippen LogP contribution in [0.3, 0.4) is 0 Å². The molecule has 0 unspecified atom stereocenters. The van der Waals surface area contributed by atoms with E-state index in [0.717, 1.165) is 48.5 Å². The van der Waals surface area contributed by atoms with E-state index in [1.54, 1.807) is 0 Å². The van der Waals surface area contributed by atoms with Crippen molar-refractivity contribution in [1.29, 1.82) is 0 Å². The number of aryl methyl sites for hydroxylation is 1. The van der Waals surface area contributed by atoms with Crippen molar-refractivity contribution >= 4 is 11.6 Å². The summed E-state index contributed by atoms with van der Waals surface area (Å²) in [7, 11) is 0. The van der Waals surface area contributed by atoms with E-state index < -0.39 is 0 Å². The van der Waals surface area contributed by atoms with Crippen molar-refractivity contribution in [3.8, 4) is 0 Å². The summed E-state index contributed by atoms with van der Waals surface area (Å²) < 4.78 is 0. The molecule has 0 atom stereocenters. The van der Waals surface area contributed by atoms with Crippen molar-refractivity contribution in [3.05, 3.63) is 11.4 Å². The first kappa shape index (κ1) is 15.1. The minimum absolute atomic E-state index is 0.488. The SMILES string of the molecule is CCCNc1nc(C)nc(NCC2(C(C)C)CC2)c1C. The number of hydrogen-bond acceptors (Lipinski definition) is 4. The highest BCUT2D eigenvalue weighted by molar-refractivity contribution is 5.57. The summed E-state index contributed by atoms with van der Waals surface area (Å²) in [6.07, 6.45) is 3.77. The fourth-order valence-electron chi connectivity index (χ4n) is 2.59. The Morgan fingerprint density at radius 1 is 1.10 bits per heavy atom. The van der Waals surface area contributed by atoms with Gasteiger partial charge in [-0.1, -0.05) is 20.8 Å². The molecular weight excluding hydrogens is 248 g/mol. The molecule has 1 saturated carbocycles. The van der Waals surface area contributed by atoms with Gasteiger partial charge in [0.2, 0.25) is 0 Å². The van der Waals surface area contributed by atoms with Crippen molar-refractivity contribution in [2.75, 3.05) is 23.7 Å². The standard InChI is InChI=1S/C16H28N4/c1-6-9-17-14-12(4)15(20-13(5)19-14)18-10-16(7-8-16)11(2)3/h11H,6-10H2,1-5H3,(H2,17,18,19,20). The Hall–Kier alpha value is -1.32. The number of aromatic nitrogens is 2. The third-order valence-corrected chi connectivity index (χ3v) is 4.52. The maximum Gasteiger partial charge on any atom is 0.134 e. The van der Waals surface area contributed by atoms with Crippen LogP contribution in [0.4, 0.5) is 11.6 Å². The van der Waals surface area contributed by atoms with Crippen molar-refractivity contribution in [1.82, 2.24) is 9.97 Å². The molecule has 1 aromatic heterocycles. The molecule has 0 amide bonds. The summed E-state index contributed by atoms with van der Waals surface area (Å²) >= 11 is 0. The molecule has 2 N–H and O–H groups in total. The lowest BCUT2D eigenvalue weighted by Crippen LogP contribution is -2.22. The maximum atomic E-state index is 4.57. The van der Waals surface area contributed by atoms with E-state index in [-0.39, 0.29) is 0 Å².